The molecule has 2 aromatic heterocycles. The summed E-state index contributed by atoms with van der Waals surface area (Å²) in [6.07, 6.45) is 6.65. The van der Waals surface area contributed by atoms with Crippen LogP contribution in [0.3, 0.4) is 0 Å². The Bertz CT molecular complexity index is 489. The smallest absolute Gasteiger partial charge is 0.221 e. The number of fused-ring (bicyclic) bond motifs is 1. The minimum atomic E-state index is 0.242. The predicted molar refractivity (Wildman–Crippen MR) is 61.4 cm³/mol. The Balaban J connectivity index is 1.96. The first kappa shape index (κ1) is 9.54. The van der Waals surface area contributed by atoms with Gasteiger partial charge in [-0.25, -0.2) is 4.98 Å². The first-order chi connectivity index (χ1) is 7.93. The maximum absolute atomic E-state index is 5.89. The van der Waals surface area contributed by atoms with Gasteiger partial charge in [0.15, 0.2) is 0 Å². The van der Waals surface area contributed by atoms with Gasteiger partial charge in [0.25, 0.3) is 0 Å². The van der Waals surface area contributed by atoms with E-state index in [0.29, 0.717) is 5.88 Å². The number of nitrogens with one attached hydrogen (secondary N) is 1. The summed E-state index contributed by atoms with van der Waals surface area (Å²) >= 11 is 0. The van der Waals surface area contributed by atoms with Crippen LogP contribution >= 0.6 is 0 Å². The van der Waals surface area contributed by atoms with Crippen LogP contribution < -0.4 is 10.1 Å². The highest BCUT2D eigenvalue weighted by Gasteiger charge is 2.17. The van der Waals surface area contributed by atoms with Gasteiger partial charge in [-0.3, -0.25) is 4.98 Å². The standard InChI is InChI=1S/C12H13N3O/c1-6-15-12(16-10-2-4-14-8-10)11-3-5-13-7-9(1)11/h1,3,5-7,10,14H,2,4,8H2. The number of nitrogens with zero attached hydrogens (tertiary/aromatic N) is 2. The van der Waals surface area contributed by atoms with E-state index in [1.165, 1.54) is 0 Å². The molecule has 1 aliphatic rings. The maximum Gasteiger partial charge on any atom is 0.221 e. The predicted octanol–water partition coefficient (Wildman–Crippen LogP) is 1.37. The zero-order chi connectivity index (χ0) is 10.8. The number of pyridine rings is 2. The van der Waals surface area contributed by atoms with Crippen molar-refractivity contribution in [3.05, 3.63) is 30.7 Å². The summed E-state index contributed by atoms with van der Waals surface area (Å²) in [6, 6.07) is 3.89. The van der Waals surface area contributed by atoms with Gasteiger partial charge in [0.2, 0.25) is 5.88 Å². The Morgan fingerprint density at radius 3 is 3.19 bits per heavy atom. The molecule has 0 saturated carbocycles. The Kier molecular flexibility index (Phi) is 2.42. The van der Waals surface area contributed by atoms with Crippen molar-refractivity contribution in [2.45, 2.75) is 12.5 Å². The molecule has 1 fully saturated rings. The Morgan fingerprint density at radius 2 is 2.31 bits per heavy atom. The quantitative estimate of drug-likeness (QED) is 0.822. The summed E-state index contributed by atoms with van der Waals surface area (Å²) in [7, 11) is 0. The Morgan fingerprint density at radius 1 is 1.31 bits per heavy atom. The molecule has 0 amide bonds. The fraction of sp³-hybridized carbons (Fsp3) is 0.333. The molecule has 0 radical (unpaired) electrons. The van der Waals surface area contributed by atoms with Gasteiger partial charge < -0.3 is 10.1 Å². The molecule has 16 heavy (non-hydrogen) atoms. The molecule has 2 aromatic rings. The van der Waals surface area contributed by atoms with E-state index in [-0.39, 0.29) is 6.10 Å². The Labute approximate surface area is 93.7 Å². The van der Waals surface area contributed by atoms with Gasteiger partial charge in [0.1, 0.15) is 6.10 Å². The topological polar surface area (TPSA) is 47.0 Å². The van der Waals surface area contributed by atoms with E-state index in [9.17, 15) is 0 Å². The van der Waals surface area contributed by atoms with Gasteiger partial charge in [-0.2, -0.15) is 0 Å². The molecule has 0 bridgehead atoms. The fourth-order valence-electron chi connectivity index (χ4n) is 1.97. The lowest BCUT2D eigenvalue weighted by atomic mass is 10.2. The minimum Gasteiger partial charge on any atom is -0.473 e. The molecule has 82 valence electrons. The van der Waals surface area contributed by atoms with Crippen molar-refractivity contribution in [3.8, 4) is 5.88 Å². The van der Waals surface area contributed by atoms with Crippen LogP contribution in [0.2, 0.25) is 0 Å². The molecular weight excluding hydrogens is 202 g/mol. The molecule has 1 atom stereocenters. The molecule has 3 heterocycles. The first-order valence-corrected chi connectivity index (χ1v) is 5.49. The largest absolute Gasteiger partial charge is 0.473 e. The summed E-state index contributed by atoms with van der Waals surface area (Å²) in [4.78, 5) is 8.38. The second-order valence-corrected chi connectivity index (χ2v) is 3.95. The SMILES string of the molecule is c1cc2c(OC3CCNC3)nccc2cn1. The average Bonchev–Trinajstić information content (AvgIpc) is 2.82. The van der Waals surface area contributed by atoms with Crippen molar-refractivity contribution in [3.63, 3.8) is 0 Å². The molecule has 1 aliphatic heterocycles. The number of rotatable bonds is 2. The third kappa shape index (κ3) is 1.72. The van der Waals surface area contributed by atoms with Crippen LogP contribution in [0.4, 0.5) is 0 Å². The number of hydrogen-bond donors (Lipinski definition) is 1. The van der Waals surface area contributed by atoms with E-state index < -0.39 is 0 Å². The molecule has 0 spiro atoms. The molecular formula is C12H13N3O. The summed E-state index contributed by atoms with van der Waals surface area (Å²) in [6.45, 7) is 1.93. The van der Waals surface area contributed by atoms with Gasteiger partial charge in [-0.15, -0.1) is 0 Å². The monoisotopic (exact) mass is 215 g/mol. The summed E-state index contributed by atoms with van der Waals surface area (Å²) in [5.74, 6) is 0.716. The fourth-order valence-corrected chi connectivity index (χ4v) is 1.97. The van der Waals surface area contributed by atoms with Crippen LogP contribution in [0.15, 0.2) is 30.7 Å². The Hall–Kier alpha value is -1.68. The third-order valence-corrected chi connectivity index (χ3v) is 2.82. The van der Waals surface area contributed by atoms with Gasteiger partial charge in [-0.05, 0) is 25.1 Å². The van der Waals surface area contributed by atoms with Crippen molar-refractivity contribution in [2.75, 3.05) is 13.1 Å². The van der Waals surface area contributed by atoms with E-state index in [2.05, 4.69) is 15.3 Å². The van der Waals surface area contributed by atoms with Gasteiger partial charge in [-0.1, -0.05) is 0 Å². The molecule has 1 N–H and O–H groups in total. The van der Waals surface area contributed by atoms with Crippen LogP contribution in [-0.2, 0) is 0 Å². The van der Waals surface area contributed by atoms with Crippen LogP contribution in [0.25, 0.3) is 10.8 Å². The highest BCUT2D eigenvalue weighted by atomic mass is 16.5. The van der Waals surface area contributed by atoms with Crippen molar-refractivity contribution in [2.24, 2.45) is 0 Å². The highest BCUT2D eigenvalue weighted by molar-refractivity contribution is 5.85. The molecule has 1 saturated heterocycles. The second kappa shape index (κ2) is 4.06. The minimum absolute atomic E-state index is 0.242. The zero-order valence-corrected chi connectivity index (χ0v) is 8.89. The molecule has 4 nitrogen and oxygen atoms in total. The van der Waals surface area contributed by atoms with E-state index >= 15 is 0 Å². The summed E-state index contributed by atoms with van der Waals surface area (Å²) < 4.78 is 5.89. The number of aromatic nitrogens is 2. The van der Waals surface area contributed by atoms with Gasteiger partial charge >= 0.3 is 0 Å². The normalized spacial score (nSPS) is 20.1. The maximum atomic E-state index is 5.89. The lowest BCUT2D eigenvalue weighted by Crippen LogP contribution is -2.20. The van der Waals surface area contributed by atoms with E-state index in [0.717, 1.165) is 30.3 Å². The molecule has 1 unspecified atom stereocenters. The van der Waals surface area contributed by atoms with Gasteiger partial charge in [0, 0.05) is 35.9 Å². The summed E-state index contributed by atoms with van der Waals surface area (Å²) in [5, 5.41) is 5.38. The van der Waals surface area contributed by atoms with Crippen molar-refractivity contribution in [1.82, 2.24) is 15.3 Å². The number of hydrogen-bond acceptors (Lipinski definition) is 4. The van der Waals surface area contributed by atoms with Crippen molar-refractivity contribution < 1.29 is 4.74 Å². The highest BCUT2D eigenvalue weighted by Crippen LogP contribution is 2.23. The molecule has 0 aromatic carbocycles. The third-order valence-electron chi connectivity index (χ3n) is 2.82. The lowest BCUT2D eigenvalue weighted by Gasteiger charge is -2.12. The van der Waals surface area contributed by atoms with Crippen LogP contribution in [-0.4, -0.2) is 29.2 Å². The van der Waals surface area contributed by atoms with Gasteiger partial charge in [0.05, 0.1) is 0 Å². The van der Waals surface area contributed by atoms with E-state index in [1.54, 1.807) is 12.4 Å². The first-order valence-electron chi connectivity index (χ1n) is 5.49. The van der Waals surface area contributed by atoms with E-state index in [1.807, 2.05) is 18.3 Å². The van der Waals surface area contributed by atoms with Crippen LogP contribution in [0, 0.1) is 0 Å². The van der Waals surface area contributed by atoms with Crippen molar-refractivity contribution >= 4 is 10.8 Å². The number of ether oxygens (including phenoxy) is 1. The average molecular weight is 215 g/mol. The zero-order valence-electron chi connectivity index (χ0n) is 8.89. The summed E-state index contributed by atoms with van der Waals surface area (Å²) in [5.41, 5.74) is 0. The molecule has 4 heteroatoms. The molecule has 3 rings (SSSR count). The lowest BCUT2D eigenvalue weighted by molar-refractivity contribution is 0.217. The van der Waals surface area contributed by atoms with Crippen LogP contribution in [0.1, 0.15) is 6.42 Å². The van der Waals surface area contributed by atoms with Crippen molar-refractivity contribution in [1.29, 1.82) is 0 Å². The molecule has 0 aliphatic carbocycles. The second-order valence-electron chi connectivity index (χ2n) is 3.95. The van der Waals surface area contributed by atoms with E-state index in [4.69, 9.17) is 4.74 Å². The van der Waals surface area contributed by atoms with Crippen LogP contribution in [0.5, 0.6) is 5.88 Å².